The predicted octanol–water partition coefficient (Wildman–Crippen LogP) is 4.13. The molecule has 0 radical (unpaired) electrons. The van der Waals surface area contributed by atoms with E-state index in [2.05, 4.69) is 4.90 Å². The van der Waals surface area contributed by atoms with Crippen LogP contribution < -0.4 is 9.64 Å². The standard InChI is InChI=1S/C30H28N2O5/c1-36-23-15-8-12-21(18-23)26-24-25(28(34)32(27(24)33)22-13-6-3-7-14-22)30(16-9-17-31(26)30)29(35)37-19-20-10-4-2-5-11-20/h2-8,10-15,18,24-26H,9,16-17,19H2,1H3/t24-,25-,26-,30+/m0/s1. The van der Waals surface area contributed by atoms with E-state index in [-0.39, 0.29) is 18.4 Å². The third-order valence-electron chi connectivity index (χ3n) is 8.03. The number of para-hydroxylation sites is 1. The molecular formula is C30H28N2O5. The Balaban J connectivity index is 1.45. The van der Waals surface area contributed by atoms with Crippen LogP contribution in [-0.2, 0) is 25.7 Å². The number of carbonyl (C=O) groups excluding carboxylic acids is 3. The van der Waals surface area contributed by atoms with Crippen LogP contribution in [0.15, 0.2) is 84.9 Å². The maximum absolute atomic E-state index is 14.1. The summed E-state index contributed by atoms with van der Waals surface area (Å²) >= 11 is 0. The molecule has 2 amide bonds. The van der Waals surface area contributed by atoms with Crippen molar-refractivity contribution in [2.24, 2.45) is 11.8 Å². The fourth-order valence-corrected chi connectivity index (χ4v) is 6.53. The number of fused-ring (bicyclic) bond motifs is 3. The molecule has 0 saturated carbocycles. The van der Waals surface area contributed by atoms with Gasteiger partial charge in [-0.15, -0.1) is 0 Å². The van der Waals surface area contributed by atoms with Crippen LogP contribution in [-0.4, -0.2) is 41.9 Å². The maximum atomic E-state index is 14.1. The van der Waals surface area contributed by atoms with E-state index >= 15 is 0 Å². The van der Waals surface area contributed by atoms with Crippen molar-refractivity contribution in [3.8, 4) is 5.75 Å². The van der Waals surface area contributed by atoms with Crippen molar-refractivity contribution < 1.29 is 23.9 Å². The number of nitrogens with zero attached hydrogens (tertiary/aromatic N) is 2. The summed E-state index contributed by atoms with van der Waals surface area (Å²) in [4.78, 5) is 45.4. The Morgan fingerprint density at radius 1 is 0.946 bits per heavy atom. The Labute approximate surface area is 215 Å². The molecule has 7 heteroatoms. The molecule has 3 fully saturated rings. The van der Waals surface area contributed by atoms with Crippen molar-refractivity contribution in [1.82, 2.24) is 4.90 Å². The molecule has 0 spiro atoms. The molecule has 3 aliphatic rings. The second-order valence-electron chi connectivity index (χ2n) is 9.86. The van der Waals surface area contributed by atoms with Gasteiger partial charge in [0, 0.05) is 6.04 Å². The fraction of sp³-hybridized carbons (Fsp3) is 0.300. The van der Waals surface area contributed by atoms with Crippen molar-refractivity contribution in [1.29, 1.82) is 0 Å². The number of esters is 1. The van der Waals surface area contributed by atoms with Crippen LogP contribution in [0, 0.1) is 11.8 Å². The Hall–Kier alpha value is -3.97. The number of benzene rings is 3. The molecule has 3 heterocycles. The lowest BCUT2D eigenvalue weighted by atomic mass is 9.77. The van der Waals surface area contributed by atoms with Crippen molar-refractivity contribution in [3.63, 3.8) is 0 Å². The second kappa shape index (κ2) is 9.16. The number of hydrogen-bond acceptors (Lipinski definition) is 6. The number of hydrogen-bond donors (Lipinski definition) is 0. The number of imide groups is 1. The van der Waals surface area contributed by atoms with Crippen molar-refractivity contribution in [2.75, 3.05) is 18.6 Å². The summed E-state index contributed by atoms with van der Waals surface area (Å²) in [6, 6.07) is 25.6. The van der Waals surface area contributed by atoms with E-state index in [9.17, 15) is 14.4 Å². The first-order valence-electron chi connectivity index (χ1n) is 12.6. The van der Waals surface area contributed by atoms with E-state index in [0.29, 0.717) is 24.4 Å². The topological polar surface area (TPSA) is 76.1 Å². The third kappa shape index (κ3) is 3.56. The van der Waals surface area contributed by atoms with Crippen molar-refractivity contribution in [3.05, 3.63) is 96.1 Å². The van der Waals surface area contributed by atoms with E-state index in [1.165, 1.54) is 4.90 Å². The zero-order valence-corrected chi connectivity index (χ0v) is 20.6. The molecule has 0 unspecified atom stereocenters. The molecule has 0 bridgehead atoms. The Kier molecular flexibility index (Phi) is 5.80. The third-order valence-corrected chi connectivity index (χ3v) is 8.03. The summed E-state index contributed by atoms with van der Waals surface area (Å²) in [6.07, 6.45) is 1.20. The first-order chi connectivity index (χ1) is 18.1. The van der Waals surface area contributed by atoms with E-state index < -0.39 is 29.4 Å². The van der Waals surface area contributed by atoms with E-state index in [1.54, 1.807) is 31.4 Å². The monoisotopic (exact) mass is 496 g/mol. The highest BCUT2D eigenvalue weighted by atomic mass is 16.5. The largest absolute Gasteiger partial charge is 0.497 e. The molecule has 3 aromatic rings. The van der Waals surface area contributed by atoms with Gasteiger partial charge in [-0.1, -0.05) is 60.7 Å². The minimum atomic E-state index is -1.20. The fourth-order valence-electron chi connectivity index (χ4n) is 6.53. The van der Waals surface area contributed by atoms with Crippen molar-refractivity contribution >= 4 is 23.5 Å². The first-order valence-corrected chi connectivity index (χ1v) is 12.6. The van der Waals surface area contributed by atoms with Gasteiger partial charge in [0.25, 0.3) is 0 Å². The highest BCUT2D eigenvalue weighted by Gasteiger charge is 2.73. The number of ether oxygens (including phenoxy) is 2. The van der Waals surface area contributed by atoms with Gasteiger partial charge < -0.3 is 9.47 Å². The lowest BCUT2D eigenvalue weighted by Gasteiger charge is -2.36. The van der Waals surface area contributed by atoms with Gasteiger partial charge >= 0.3 is 5.97 Å². The lowest BCUT2D eigenvalue weighted by Crippen LogP contribution is -2.54. The van der Waals surface area contributed by atoms with Crippen LogP contribution in [0.3, 0.4) is 0 Å². The molecule has 3 saturated heterocycles. The summed E-state index contributed by atoms with van der Waals surface area (Å²) in [5, 5.41) is 0. The molecule has 0 aromatic heterocycles. The Bertz CT molecular complexity index is 1340. The van der Waals surface area contributed by atoms with Gasteiger partial charge in [-0.25, -0.2) is 4.90 Å². The zero-order chi connectivity index (χ0) is 25.6. The average molecular weight is 497 g/mol. The highest BCUT2D eigenvalue weighted by Crippen LogP contribution is 2.60. The minimum Gasteiger partial charge on any atom is -0.497 e. The second-order valence-corrected chi connectivity index (χ2v) is 9.86. The normalized spacial score (nSPS) is 26.7. The molecule has 3 aromatic carbocycles. The SMILES string of the molecule is COc1cccc([C@H]2[C@H]3C(=O)N(c4ccccc4)C(=O)[C@H]3[C@@]3(C(=O)OCc4ccccc4)CCCN23)c1. The minimum absolute atomic E-state index is 0.112. The zero-order valence-electron chi connectivity index (χ0n) is 20.6. The molecule has 37 heavy (non-hydrogen) atoms. The van der Waals surface area contributed by atoms with Crippen LogP contribution in [0.2, 0.25) is 0 Å². The molecule has 3 aliphatic heterocycles. The molecule has 0 aliphatic carbocycles. The van der Waals surface area contributed by atoms with Crippen LogP contribution in [0.5, 0.6) is 5.75 Å². The van der Waals surface area contributed by atoms with E-state index in [1.807, 2.05) is 60.7 Å². The van der Waals surface area contributed by atoms with Crippen LogP contribution in [0.25, 0.3) is 0 Å². The Morgan fingerprint density at radius 2 is 1.68 bits per heavy atom. The highest BCUT2D eigenvalue weighted by molar-refractivity contribution is 6.24. The molecule has 6 rings (SSSR count). The summed E-state index contributed by atoms with van der Waals surface area (Å²) in [5.41, 5.74) is 1.04. The number of amides is 2. The van der Waals surface area contributed by atoms with Crippen LogP contribution in [0.4, 0.5) is 5.69 Å². The number of methoxy groups -OCH3 is 1. The lowest BCUT2D eigenvalue weighted by molar-refractivity contribution is -0.161. The molecule has 7 nitrogen and oxygen atoms in total. The molecular weight excluding hydrogens is 468 g/mol. The van der Waals surface area contributed by atoms with E-state index in [0.717, 1.165) is 17.5 Å². The first kappa shape index (κ1) is 23.4. The quantitative estimate of drug-likeness (QED) is 0.377. The molecule has 0 N–H and O–H groups in total. The number of carbonyl (C=O) groups is 3. The van der Waals surface area contributed by atoms with Crippen LogP contribution in [0.1, 0.15) is 30.0 Å². The van der Waals surface area contributed by atoms with Gasteiger partial charge in [-0.05, 0) is 54.8 Å². The number of anilines is 1. The van der Waals surface area contributed by atoms with Gasteiger partial charge in [-0.2, -0.15) is 0 Å². The van der Waals surface area contributed by atoms with E-state index in [4.69, 9.17) is 9.47 Å². The van der Waals surface area contributed by atoms with Gasteiger partial charge in [0.15, 0.2) is 0 Å². The van der Waals surface area contributed by atoms with Gasteiger partial charge in [0.1, 0.15) is 17.9 Å². The summed E-state index contributed by atoms with van der Waals surface area (Å²) < 4.78 is 11.4. The summed E-state index contributed by atoms with van der Waals surface area (Å²) in [6.45, 7) is 0.711. The van der Waals surface area contributed by atoms with Crippen LogP contribution >= 0.6 is 0 Å². The number of rotatable bonds is 6. The summed E-state index contributed by atoms with van der Waals surface area (Å²) in [5.74, 6) is -1.93. The van der Waals surface area contributed by atoms with Gasteiger partial charge in [-0.3, -0.25) is 19.3 Å². The smallest absolute Gasteiger partial charge is 0.327 e. The molecule has 188 valence electrons. The van der Waals surface area contributed by atoms with Gasteiger partial charge in [0.2, 0.25) is 11.8 Å². The molecule has 4 atom stereocenters. The predicted molar refractivity (Wildman–Crippen MR) is 137 cm³/mol. The average Bonchev–Trinajstić information content (AvgIpc) is 3.57. The van der Waals surface area contributed by atoms with Gasteiger partial charge in [0.05, 0.1) is 24.6 Å². The maximum Gasteiger partial charge on any atom is 0.327 e. The Morgan fingerprint density at radius 3 is 2.41 bits per heavy atom. The van der Waals surface area contributed by atoms with Crippen molar-refractivity contribution in [2.45, 2.75) is 31.0 Å². The summed E-state index contributed by atoms with van der Waals surface area (Å²) in [7, 11) is 1.60.